The van der Waals surface area contributed by atoms with E-state index in [9.17, 15) is 30.2 Å². The fraction of sp³-hybridized carbons (Fsp3) is 0. The highest BCUT2D eigenvalue weighted by molar-refractivity contribution is 8.26. The molecule has 2 aromatic rings. The molecule has 3 rings (SSSR count). The maximum absolute atomic E-state index is 12.5. The molecule has 0 aromatic heterocycles. The maximum Gasteiger partial charge on any atom is 0.286 e. The first-order chi connectivity index (χ1) is 13.3. The Kier molecular flexibility index (Phi) is 5.29. The zero-order valence-corrected chi connectivity index (χ0v) is 15.5. The molecule has 1 fully saturated rings. The minimum Gasteiger partial charge on any atom is -0.507 e. The van der Waals surface area contributed by atoms with Gasteiger partial charge in [0.15, 0.2) is 15.8 Å². The van der Waals surface area contributed by atoms with Crippen molar-refractivity contribution in [1.29, 1.82) is 0 Å². The molecule has 0 radical (unpaired) electrons. The van der Waals surface area contributed by atoms with E-state index in [0.29, 0.717) is 5.56 Å². The summed E-state index contributed by atoms with van der Waals surface area (Å²) in [5.74, 6) is -1.42. The summed E-state index contributed by atoms with van der Waals surface area (Å²) in [5.41, 5.74) is 0.288. The zero-order chi connectivity index (χ0) is 20.4. The Labute approximate surface area is 167 Å². The van der Waals surface area contributed by atoms with Gasteiger partial charge in [-0.3, -0.25) is 14.9 Å². The van der Waals surface area contributed by atoms with Crippen LogP contribution in [-0.4, -0.2) is 41.7 Å². The van der Waals surface area contributed by atoms with Crippen LogP contribution in [0.2, 0.25) is 0 Å². The van der Waals surface area contributed by atoms with Crippen molar-refractivity contribution in [1.82, 2.24) is 5.01 Å². The van der Waals surface area contributed by atoms with Crippen molar-refractivity contribution in [3.8, 4) is 17.2 Å². The fourth-order valence-electron chi connectivity index (χ4n) is 2.22. The van der Waals surface area contributed by atoms with Crippen molar-refractivity contribution >= 4 is 52.2 Å². The van der Waals surface area contributed by atoms with Gasteiger partial charge in [0.2, 0.25) is 0 Å². The number of hydrogen-bond donors (Lipinski definition) is 3. The van der Waals surface area contributed by atoms with Gasteiger partial charge >= 0.3 is 0 Å². The normalized spacial score (nSPS) is 15.7. The van der Waals surface area contributed by atoms with Crippen molar-refractivity contribution in [2.75, 3.05) is 0 Å². The molecular formula is C17H11N3O6S2. The molecule has 0 unspecified atom stereocenters. The van der Waals surface area contributed by atoms with E-state index in [1.807, 2.05) is 0 Å². The molecule has 0 atom stereocenters. The Morgan fingerprint density at radius 3 is 2.50 bits per heavy atom. The lowest BCUT2D eigenvalue weighted by Gasteiger charge is -2.06. The van der Waals surface area contributed by atoms with Gasteiger partial charge in [-0.15, -0.1) is 0 Å². The first-order valence-corrected chi connectivity index (χ1v) is 8.80. The monoisotopic (exact) mass is 417 g/mol. The highest BCUT2D eigenvalue weighted by atomic mass is 32.2. The summed E-state index contributed by atoms with van der Waals surface area (Å²) in [4.78, 5) is 22.9. The molecule has 1 aliphatic heterocycles. The number of benzene rings is 2. The third kappa shape index (κ3) is 3.94. The number of phenols is 3. The number of thiocarbonyl (C=S) groups is 1. The Hall–Kier alpha value is -3.44. The number of aromatic hydroxyl groups is 3. The van der Waals surface area contributed by atoms with Gasteiger partial charge in [0, 0.05) is 17.7 Å². The fourth-order valence-corrected chi connectivity index (χ4v) is 3.38. The first-order valence-electron chi connectivity index (χ1n) is 7.57. The number of hydrazone groups is 1. The van der Waals surface area contributed by atoms with E-state index < -0.39 is 10.8 Å². The smallest absolute Gasteiger partial charge is 0.286 e. The summed E-state index contributed by atoms with van der Waals surface area (Å²) in [6, 6.07) is 7.46. The summed E-state index contributed by atoms with van der Waals surface area (Å²) in [5, 5.41) is 44.5. The van der Waals surface area contributed by atoms with Crippen LogP contribution >= 0.6 is 24.0 Å². The Morgan fingerprint density at radius 1 is 1.11 bits per heavy atom. The number of phenolic OH excluding ortho intramolecular Hbond substituents is 3. The number of thioether (sulfide) groups is 1. The van der Waals surface area contributed by atoms with E-state index in [1.165, 1.54) is 36.6 Å². The molecule has 9 nitrogen and oxygen atoms in total. The number of nitro benzene ring substituents is 1. The predicted molar refractivity (Wildman–Crippen MR) is 107 cm³/mol. The number of non-ortho nitro benzene ring substituents is 1. The van der Waals surface area contributed by atoms with Gasteiger partial charge in [-0.1, -0.05) is 11.8 Å². The van der Waals surface area contributed by atoms with Crippen molar-refractivity contribution < 1.29 is 25.0 Å². The largest absolute Gasteiger partial charge is 0.507 e. The van der Waals surface area contributed by atoms with Crippen LogP contribution in [0.3, 0.4) is 0 Å². The average Bonchev–Trinajstić information content (AvgIpc) is 2.91. The molecule has 1 saturated heterocycles. The topological polar surface area (TPSA) is 136 Å². The number of carbonyl (C=O) groups is 1. The van der Waals surface area contributed by atoms with Crippen molar-refractivity contribution in [2.24, 2.45) is 5.10 Å². The van der Waals surface area contributed by atoms with Crippen LogP contribution in [0.25, 0.3) is 6.08 Å². The minimum absolute atomic E-state index is 0.0992. The second-order valence-electron chi connectivity index (χ2n) is 5.49. The predicted octanol–water partition coefficient (Wildman–Crippen LogP) is 2.95. The lowest BCUT2D eigenvalue weighted by molar-refractivity contribution is -0.384. The van der Waals surface area contributed by atoms with E-state index in [2.05, 4.69) is 5.10 Å². The van der Waals surface area contributed by atoms with Crippen LogP contribution in [0.5, 0.6) is 17.2 Å². The van der Waals surface area contributed by atoms with Gasteiger partial charge in [-0.05, 0) is 48.1 Å². The van der Waals surface area contributed by atoms with Gasteiger partial charge in [0.05, 0.1) is 16.0 Å². The first kappa shape index (κ1) is 19.3. The molecule has 1 aliphatic rings. The van der Waals surface area contributed by atoms with Crippen LogP contribution in [0.1, 0.15) is 11.1 Å². The van der Waals surface area contributed by atoms with E-state index in [1.54, 1.807) is 0 Å². The number of carbonyl (C=O) groups excluding carboxylic acids is 1. The summed E-state index contributed by atoms with van der Waals surface area (Å²) in [7, 11) is 0. The molecule has 3 N–H and O–H groups in total. The SMILES string of the molecule is O=C1/C(=C\c2cc([N+](=O)[O-])ccc2O)SC(=S)N1/N=C/c1ccc(O)c(O)c1. The van der Waals surface area contributed by atoms with Gasteiger partial charge in [0.25, 0.3) is 11.6 Å². The summed E-state index contributed by atoms with van der Waals surface area (Å²) in [6.07, 6.45) is 2.57. The van der Waals surface area contributed by atoms with Crippen LogP contribution in [0.4, 0.5) is 5.69 Å². The van der Waals surface area contributed by atoms with E-state index >= 15 is 0 Å². The van der Waals surface area contributed by atoms with Gasteiger partial charge in [0.1, 0.15) is 5.75 Å². The van der Waals surface area contributed by atoms with Crippen LogP contribution in [0, 0.1) is 10.1 Å². The molecule has 142 valence electrons. The summed E-state index contributed by atoms with van der Waals surface area (Å²) in [6.45, 7) is 0. The zero-order valence-electron chi connectivity index (χ0n) is 13.8. The number of nitro groups is 1. The van der Waals surface area contributed by atoms with Crippen molar-refractivity contribution in [2.45, 2.75) is 0 Å². The lowest BCUT2D eigenvalue weighted by atomic mass is 10.1. The average molecular weight is 417 g/mol. The quantitative estimate of drug-likeness (QED) is 0.172. The van der Waals surface area contributed by atoms with E-state index in [-0.39, 0.29) is 37.7 Å². The van der Waals surface area contributed by atoms with Crippen molar-refractivity contribution in [3.63, 3.8) is 0 Å². The Bertz CT molecular complexity index is 1070. The second-order valence-corrected chi connectivity index (χ2v) is 7.16. The molecule has 0 saturated carbocycles. The van der Waals surface area contributed by atoms with Crippen LogP contribution < -0.4 is 0 Å². The number of rotatable bonds is 4. The molecule has 2 aromatic carbocycles. The Morgan fingerprint density at radius 2 is 1.82 bits per heavy atom. The molecule has 0 aliphatic carbocycles. The third-order valence-corrected chi connectivity index (χ3v) is 4.89. The van der Waals surface area contributed by atoms with E-state index in [4.69, 9.17) is 12.2 Å². The molecule has 28 heavy (non-hydrogen) atoms. The lowest BCUT2D eigenvalue weighted by Crippen LogP contribution is -2.22. The number of hydrogen-bond acceptors (Lipinski definition) is 9. The molecule has 1 amide bonds. The third-order valence-electron chi connectivity index (χ3n) is 3.60. The van der Waals surface area contributed by atoms with Crippen LogP contribution in [0.15, 0.2) is 46.4 Å². The molecule has 0 spiro atoms. The molecule has 11 heteroatoms. The van der Waals surface area contributed by atoms with Gasteiger partial charge in [-0.2, -0.15) is 10.1 Å². The van der Waals surface area contributed by atoms with Gasteiger partial charge in [-0.25, -0.2) is 0 Å². The van der Waals surface area contributed by atoms with Crippen LogP contribution in [-0.2, 0) is 4.79 Å². The number of amides is 1. The molecular weight excluding hydrogens is 406 g/mol. The second kappa shape index (κ2) is 7.66. The molecule has 0 bridgehead atoms. The highest BCUT2D eigenvalue weighted by Crippen LogP contribution is 2.35. The minimum atomic E-state index is -0.612. The van der Waals surface area contributed by atoms with Gasteiger partial charge < -0.3 is 15.3 Å². The molecule has 1 heterocycles. The maximum atomic E-state index is 12.5. The summed E-state index contributed by atoms with van der Waals surface area (Å²) >= 11 is 6.05. The van der Waals surface area contributed by atoms with Crippen molar-refractivity contribution in [3.05, 3.63) is 62.5 Å². The van der Waals surface area contributed by atoms with E-state index in [0.717, 1.165) is 28.9 Å². The highest BCUT2D eigenvalue weighted by Gasteiger charge is 2.32. The number of nitrogens with zero attached hydrogens (tertiary/aromatic N) is 3. The summed E-state index contributed by atoms with van der Waals surface area (Å²) < 4.78 is 0.125. The Balaban J connectivity index is 1.86. The standard InChI is InChI=1S/C17H11N3O6S2/c21-12-4-2-11(20(25)26)6-10(12)7-15-16(24)19(17(27)28-15)18-8-9-1-3-13(22)14(23)5-9/h1-8,21-23H/b15-7+,18-8+.